The molecule has 1 N–H and O–H groups in total. The second-order valence-corrected chi connectivity index (χ2v) is 6.23. The van der Waals surface area contributed by atoms with Gasteiger partial charge in [-0.2, -0.15) is 0 Å². The monoisotopic (exact) mass is 278 g/mol. The van der Waals surface area contributed by atoms with Crippen molar-refractivity contribution in [1.82, 2.24) is 10.2 Å². The average molecular weight is 278 g/mol. The van der Waals surface area contributed by atoms with Gasteiger partial charge in [-0.15, -0.1) is 0 Å². The number of hydrogen-bond acceptors (Lipinski definition) is 2. The van der Waals surface area contributed by atoms with Crippen LogP contribution in [0.3, 0.4) is 0 Å². The van der Waals surface area contributed by atoms with Gasteiger partial charge in [-0.1, -0.05) is 39.8 Å². The molecule has 1 saturated heterocycles. The smallest absolute Gasteiger partial charge is 0.241 e. The van der Waals surface area contributed by atoms with Gasteiger partial charge in [-0.3, -0.25) is 10.1 Å². The quantitative estimate of drug-likeness (QED) is 0.918. The highest BCUT2D eigenvalue weighted by Crippen LogP contribution is 2.28. The summed E-state index contributed by atoms with van der Waals surface area (Å²) in [7, 11) is 0. The lowest BCUT2D eigenvalue weighted by atomic mass is 10.0. The normalized spacial score (nSPS) is 23.1. The zero-order valence-electron chi connectivity index (χ0n) is 12.6. The Morgan fingerprint density at radius 3 is 2.30 bits per heavy atom. The zero-order chi connectivity index (χ0) is 14.9. The van der Waals surface area contributed by atoms with E-state index in [2.05, 4.69) is 19.2 Å². The third kappa shape index (κ3) is 3.01. The van der Waals surface area contributed by atoms with Gasteiger partial charge in [0.2, 0.25) is 5.91 Å². The van der Waals surface area contributed by atoms with Crippen LogP contribution in [0.1, 0.15) is 39.4 Å². The Hall–Kier alpha value is -1.42. The van der Waals surface area contributed by atoms with Crippen molar-refractivity contribution in [3.63, 3.8) is 0 Å². The van der Waals surface area contributed by atoms with Gasteiger partial charge in [0, 0.05) is 6.54 Å². The standard InChI is InChI=1S/C16H23FN2O/c1-10(2)9-19-15(12-5-7-13(17)8-6-12)18-14(11(3)4)16(19)20/h5-8,10-11,14-15,18H,9H2,1-4H3. The van der Waals surface area contributed by atoms with Crippen molar-refractivity contribution >= 4 is 5.91 Å². The topological polar surface area (TPSA) is 32.3 Å². The minimum Gasteiger partial charge on any atom is -0.321 e. The number of rotatable bonds is 4. The fourth-order valence-electron chi connectivity index (χ4n) is 2.62. The van der Waals surface area contributed by atoms with Crippen LogP contribution in [0.25, 0.3) is 0 Å². The Balaban J connectivity index is 2.28. The van der Waals surface area contributed by atoms with Crippen LogP contribution in [0.5, 0.6) is 0 Å². The highest BCUT2D eigenvalue weighted by atomic mass is 19.1. The van der Waals surface area contributed by atoms with Crippen LogP contribution in [-0.4, -0.2) is 23.4 Å². The number of carbonyl (C=O) groups is 1. The van der Waals surface area contributed by atoms with Crippen LogP contribution in [0.2, 0.25) is 0 Å². The lowest BCUT2D eigenvalue weighted by Crippen LogP contribution is -2.36. The summed E-state index contributed by atoms with van der Waals surface area (Å²) in [5, 5.41) is 3.39. The number of nitrogens with one attached hydrogen (secondary N) is 1. The third-order valence-electron chi connectivity index (χ3n) is 3.61. The van der Waals surface area contributed by atoms with E-state index in [-0.39, 0.29) is 29.8 Å². The molecule has 0 radical (unpaired) electrons. The first-order valence-electron chi connectivity index (χ1n) is 7.22. The first-order chi connectivity index (χ1) is 9.40. The summed E-state index contributed by atoms with van der Waals surface area (Å²) >= 11 is 0. The fraction of sp³-hybridized carbons (Fsp3) is 0.562. The van der Waals surface area contributed by atoms with Gasteiger partial charge in [0.1, 0.15) is 12.0 Å². The Kier molecular flexibility index (Phi) is 4.43. The van der Waals surface area contributed by atoms with E-state index in [9.17, 15) is 9.18 Å². The van der Waals surface area contributed by atoms with Crippen molar-refractivity contribution in [2.24, 2.45) is 11.8 Å². The molecule has 3 nitrogen and oxygen atoms in total. The first kappa shape index (κ1) is 15.0. The number of hydrogen-bond donors (Lipinski definition) is 1. The average Bonchev–Trinajstić information content (AvgIpc) is 2.68. The molecule has 2 atom stereocenters. The van der Waals surface area contributed by atoms with Gasteiger partial charge in [-0.25, -0.2) is 4.39 Å². The molecular weight excluding hydrogens is 255 g/mol. The van der Waals surface area contributed by atoms with E-state index in [0.717, 1.165) is 5.56 Å². The molecule has 0 spiro atoms. The molecule has 110 valence electrons. The van der Waals surface area contributed by atoms with E-state index in [1.54, 1.807) is 12.1 Å². The van der Waals surface area contributed by atoms with E-state index < -0.39 is 0 Å². The lowest BCUT2D eigenvalue weighted by molar-refractivity contribution is -0.131. The predicted molar refractivity (Wildman–Crippen MR) is 77.5 cm³/mol. The lowest BCUT2D eigenvalue weighted by Gasteiger charge is -2.26. The van der Waals surface area contributed by atoms with Crippen molar-refractivity contribution in [3.05, 3.63) is 35.6 Å². The molecule has 1 amide bonds. The van der Waals surface area contributed by atoms with Gasteiger partial charge in [-0.05, 0) is 29.5 Å². The Bertz CT molecular complexity index is 470. The number of nitrogens with zero attached hydrogens (tertiary/aromatic N) is 1. The van der Waals surface area contributed by atoms with E-state index >= 15 is 0 Å². The third-order valence-corrected chi connectivity index (χ3v) is 3.61. The minimum absolute atomic E-state index is 0.142. The van der Waals surface area contributed by atoms with Gasteiger partial charge in [0.15, 0.2) is 0 Å². The summed E-state index contributed by atoms with van der Waals surface area (Å²) in [6.45, 7) is 8.97. The molecule has 20 heavy (non-hydrogen) atoms. The molecule has 1 aromatic carbocycles. The van der Waals surface area contributed by atoms with Crippen molar-refractivity contribution < 1.29 is 9.18 Å². The van der Waals surface area contributed by atoms with Crippen LogP contribution in [-0.2, 0) is 4.79 Å². The van der Waals surface area contributed by atoms with Gasteiger partial charge in [0.05, 0.1) is 6.04 Å². The number of amides is 1. The van der Waals surface area contributed by atoms with Gasteiger partial charge >= 0.3 is 0 Å². The molecule has 0 aromatic heterocycles. The molecule has 0 bridgehead atoms. The molecule has 1 aromatic rings. The van der Waals surface area contributed by atoms with Crippen LogP contribution in [0, 0.1) is 17.7 Å². The van der Waals surface area contributed by atoms with E-state index in [0.29, 0.717) is 12.5 Å². The number of halogens is 1. The largest absolute Gasteiger partial charge is 0.321 e. The molecular formula is C16H23FN2O. The van der Waals surface area contributed by atoms with Crippen LogP contribution in [0.4, 0.5) is 4.39 Å². The molecule has 2 rings (SSSR count). The predicted octanol–water partition coefficient (Wildman–Crippen LogP) is 2.94. The number of benzene rings is 1. The molecule has 1 aliphatic heterocycles. The summed E-state index contributed by atoms with van der Waals surface area (Å²) in [5.41, 5.74) is 0.934. The second-order valence-electron chi connectivity index (χ2n) is 6.23. The van der Waals surface area contributed by atoms with Crippen molar-refractivity contribution in [2.45, 2.75) is 39.9 Å². The number of carbonyl (C=O) groups excluding carboxylic acids is 1. The summed E-state index contributed by atoms with van der Waals surface area (Å²) in [4.78, 5) is 14.4. The maximum Gasteiger partial charge on any atom is 0.241 e. The fourth-order valence-corrected chi connectivity index (χ4v) is 2.62. The molecule has 4 heteroatoms. The van der Waals surface area contributed by atoms with Crippen LogP contribution < -0.4 is 5.32 Å². The maximum atomic E-state index is 13.1. The molecule has 1 heterocycles. The van der Waals surface area contributed by atoms with Gasteiger partial charge in [0.25, 0.3) is 0 Å². The Morgan fingerprint density at radius 2 is 1.80 bits per heavy atom. The van der Waals surface area contributed by atoms with Crippen molar-refractivity contribution in [3.8, 4) is 0 Å². The van der Waals surface area contributed by atoms with Crippen molar-refractivity contribution in [1.29, 1.82) is 0 Å². The molecule has 0 saturated carbocycles. The second kappa shape index (κ2) is 5.92. The molecule has 2 unspecified atom stereocenters. The summed E-state index contributed by atoms with van der Waals surface area (Å²) < 4.78 is 13.1. The summed E-state index contributed by atoms with van der Waals surface area (Å²) in [5.74, 6) is 0.522. The Labute approximate surface area is 120 Å². The maximum absolute atomic E-state index is 13.1. The van der Waals surface area contributed by atoms with E-state index in [4.69, 9.17) is 0 Å². The summed E-state index contributed by atoms with van der Waals surface area (Å²) in [6, 6.07) is 6.21. The van der Waals surface area contributed by atoms with E-state index in [1.165, 1.54) is 12.1 Å². The summed E-state index contributed by atoms with van der Waals surface area (Å²) in [6.07, 6.45) is -0.155. The molecule has 0 aliphatic carbocycles. The zero-order valence-corrected chi connectivity index (χ0v) is 12.6. The van der Waals surface area contributed by atoms with Crippen LogP contribution in [0.15, 0.2) is 24.3 Å². The minimum atomic E-state index is -0.256. The van der Waals surface area contributed by atoms with Crippen molar-refractivity contribution in [2.75, 3.05) is 6.54 Å². The molecule has 1 fully saturated rings. The highest BCUT2D eigenvalue weighted by molar-refractivity contribution is 5.84. The highest BCUT2D eigenvalue weighted by Gasteiger charge is 2.40. The van der Waals surface area contributed by atoms with Crippen LogP contribution >= 0.6 is 0 Å². The van der Waals surface area contributed by atoms with E-state index in [1.807, 2.05) is 18.7 Å². The van der Waals surface area contributed by atoms with Gasteiger partial charge < -0.3 is 4.90 Å². The first-order valence-corrected chi connectivity index (χ1v) is 7.22. The molecule has 1 aliphatic rings. The SMILES string of the molecule is CC(C)CN1C(=O)C(C(C)C)NC1c1ccc(F)cc1. The Morgan fingerprint density at radius 1 is 1.20 bits per heavy atom.